The molecule has 3 nitrogen and oxygen atoms in total. The van der Waals surface area contributed by atoms with Crippen LogP contribution in [0.25, 0.3) is 0 Å². The van der Waals surface area contributed by atoms with E-state index < -0.39 is 5.54 Å². The van der Waals surface area contributed by atoms with Crippen LogP contribution in [0.2, 0.25) is 0 Å². The van der Waals surface area contributed by atoms with Crippen molar-refractivity contribution in [2.24, 2.45) is 11.7 Å². The molecule has 0 spiro atoms. The van der Waals surface area contributed by atoms with Crippen molar-refractivity contribution in [2.45, 2.75) is 57.4 Å². The predicted octanol–water partition coefficient (Wildman–Crippen LogP) is 3.34. The Hall–Kier alpha value is -0.860. The van der Waals surface area contributed by atoms with Gasteiger partial charge in [-0.25, -0.2) is 0 Å². The zero-order valence-electron chi connectivity index (χ0n) is 14.1. The lowest BCUT2D eigenvalue weighted by Crippen LogP contribution is -2.40. The molecule has 128 valence electrons. The van der Waals surface area contributed by atoms with E-state index in [9.17, 15) is 5.11 Å². The highest BCUT2D eigenvalue weighted by molar-refractivity contribution is 7.12. The van der Waals surface area contributed by atoms with Crippen molar-refractivity contribution in [1.82, 2.24) is 0 Å². The van der Waals surface area contributed by atoms with Crippen molar-refractivity contribution in [2.75, 3.05) is 19.8 Å². The molecule has 1 aromatic heterocycles. The summed E-state index contributed by atoms with van der Waals surface area (Å²) < 4.78 is 5.70. The predicted molar refractivity (Wildman–Crippen MR) is 96.6 cm³/mol. The average Bonchev–Trinajstić information content (AvgIpc) is 3.02. The summed E-state index contributed by atoms with van der Waals surface area (Å²) in [6, 6.07) is 4.16. The Morgan fingerprint density at radius 2 is 2.13 bits per heavy atom. The quantitative estimate of drug-likeness (QED) is 0.593. The lowest BCUT2D eigenvalue weighted by Gasteiger charge is -2.20. The van der Waals surface area contributed by atoms with Crippen LogP contribution in [0.4, 0.5) is 0 Å². The lowest BCUT2D eigenvalue weighted by atomic mass is 9.90. The summed E-state index contributed by atoms with van der Waals surface area (Å²) in [7, 11) is 0. The normalized spacial score (nSPS) is 18.2. The second-order valence-corrected chi connectivity index (χ2v) is 8.07. The smallest absolute Gasteiger partial charge is 0.108 e. The summed E-state index contributed by atoms with van der Waals surface area (Å²) in [5.74, 6) is 7.03. The van der Waals surface area contributed by atoms with Gasteiger partial charge in [0, 0.05) is 10.4 Å². The fraction of sp³-hybridized carbons (Fsp3) is 0.684. The molecule has 1 aliphatic carbocycles. The van der Waals surface area contributed by atoms with Crippen LogP contribution in [0.5, 0.6) is 0 Å². The molecule has 2 rings (SSSR count). The van der Waals surface area contributed by atoms with Crippen LogP contribution in [-0.2, 0) is 11.2 Å². The number of rotatable bonds is 7. The molecule has 4 heteroatoms. The van der Waals surface area contributed by atoms with Crippen molar-refractivity contribution in [3.05, 3.63) is 21.9 Å². The zero-order chi connectivity index (χ0) is 16.5. The Labute approximate surface area is 144 Å². The minimum Gasteiger partial charge on any atom is -0.394 e. The summed E-state index contributed by atoms with van der Waals surface area (Å²) in [6.07, 6.45) is 8.40. The van der Waals surface area contributed by atoms with Gasteiger partial charge < -0.3 is 15.6 Å². The number of aliphatic hydroxyl groups excluding tert-OH is 1. The SMILES string of the molecule is CC(N)(CO)CCc1ccc(C#CCOCC2CCCCC2)s1. The maximum absolute atomic E-state index is 9.18. The number of ether oxygens (including phenoxy) is 1. The highest BCUT2D eigenvalue weighted by atomic mass is 32.1. The molecule has 1 saturated carbocycles. The summed E-state index contributed by atoms with van der Waals surface area (Å²) in [4.78, 5) is 2.34. The van der Waals surface area contributed by atoms with Gasteiger partial charge in [-0.05, 0) is 50.7 Å². The van der Waals surface area contributed by atoms with Crippen LogP contribution < -0.4 is 5.73 Å². The van der Waals surface area contributed by atoms with Crippen molar-refractivity contribution in [3.63, 3.8) is 0 Å². The van der Waals surface area contributed by atoms with Gasteiger partial charge in [0.1, 0.15) is 6.61 Å². The van der Waals surface area contributed by atoms with Gasteiger partial charge >= 0.3 is 0 Å². The van der Waals surface area contributed by atoms with Gasteiger partial charge in [-0.15, -0.1) is 11.3 Å². The van der Waals surface area contributed by atoms with Crippen LogP contribution in [0.15, 0.2) is 12.1 Å². The minimum atomic E-state index is -0.497. The molecule has 1 aromatic rings. The first-order valence-corrected chi connectivity index (χ1v) is 9.46. The van der Waals surface area contributed by atoms with E-state index >= 15 is 0 Å². The molecule has 0 saturated heterocycles. The van der Waals surface area contributed by atoms with Crippen molar-refractivity contribution >= 4 is 11.3 Å². The second kappa shape index (κ2) is 9.44. The number of hydrogen-bond acceptors (Lipinski definition) is 4. The Morgan fingerprint density at radius 1 is 1.35 bits per heavy atom. The van der Waals surface area contributed by atoms with Crippen LogP contribution in [-0.4, -0.2) is 30.5 Å². The molecule has 0 bridgehead atoms. The van der Waals surface area contributed by atoms with E-state index in [4.69, 9.17) is 10.5 Å². The van der Waals surface area contributed by atoms with Crippen molar-refractivity contribution in [1.29, 1.82) is 0 Å². The fourth-order valence-electron chi connectivity index (χ4n) is 2.82. The maximum atomic E-state index is 9.18. The molecular weight excluding hydrogens is 306 g/mol. The third-order valence-corrected chi connectivity index (χ3v) is 5.49. The zero-order valence-corrected chi connectivity index (χ0v) is 15.0. The average molecular weight is 336 g/mol. The van der Waals surface area contributed by atoms with Gasteiger partial charge in [0.25, 0.3) is 0 Å². The summed E-state index contributed by atoms with van der Waals surface area (Å²) >= 11 is 1.70. The van der Waals surface area contributed by atoms with Gasteiger partial charge in [-0.2, -0.15) is 0 Å². The number of thiophene rings is 1. The summed E-state index contributed by atoms with van der Waals surface area (Å²) in [6.45, 7) is 3.28. The van der Waals surface area contributed by atoms with Gasteiger partial charge in [0.2, 0.25) is 0 Å². The molecule has 23 heavy (non-hydrogen) atoms. The maximum Gasteiger partial charge on any atom is 0.108 e. The molecule has 1 fully saturated rings. The van der Waals surface area contributed by atoms with E-state index in [1.165, 1.54) is 37.0 Å². The molecule has 0 aliphatic heterocycles. The number of hydrogen-bond donors (Lipinski definition) is 2. The van der Waals surface area contributed by atoms with Crippen molar-refractivity contribution in [3.8, 4) is 11.8 Å². The summed E-state index contributed by atoms with van der Waals surface area (Å²) in [5, 5.41) is 9.18. The Balaban J connectivity index is 1.68. The standard InChI is InChI=1S/C19H29NO2S/c1-19(20,15-21)12-11-18-10-9-17(23-18)8-5-13-22-14-16-6-3-2-4-7-16/h9-10,16,21H,2-4,6-7,11-15,20H2,1H3. The Kier molecular flexibility index (Phi) is 7.58. The molecular formula is C19H29NO2S. The van der Waals surface area contributed by atoms with E-state index in [1.807, 2.05) is 6.92 Å². The van der Waals surface area contributed by atoms with E-state index in [0.717, 1.165) is 30.2 Å². The van der Waals surface area contributed by atoms with Crippen LogP contribution >= 0.6 is 11.3 Å². The molecule has 0 radical (unpaired) electrons. The van der Waals surface area contributed by atoms with Gasteiger partial charge in [0.15, 0.2) is 0 Å². The monoisotopic (exact) mass is 335 g/mol. The molecule has 1 unspecified atom stereocenters. The van der Waals surface area contributed by atoms with Gasteiger partial charge in [-0.1, -0.05) is 31.1 Å². The molecule has 0 amide bonds. The largest absolute Gasteiger partial charge is 0.394 e. The van der Waals surface area contributed by atoms with Crippen molar-refractivity contribution < 1.29 is 9.84 Å². The lowest BCUT2D eigenvalue weighted by molar-refractivity contribution is 0.109. The van der Waals surface area contributed by atoms with Crippen LogP contribution in [0.3, 0.4) is 0 Å². The molecule has 0 aromatic carbocycles. The van der Waals surface area contributed by atoms with E-state index in [1.54, 1.807) is 11.3 Å². The van der Waals surface area contributed by atoms with Gasteiger partial charge in [-0.3, -0.25) is 0 Å². The first-order chi connectivity index (χ1) is 11.1. The number of nitrogens with two attached hydrogens (primary N) is 1. The number of aryl methyl sites for hydroxylation is 1. The minimum absolute atomic E-state index is 0.0172. The fourth-order valence-corrected chi connectivity index (χ4v) is 3.70. The molecule has 3 N–H and O–H groups in total. The topological polar surface area (TPSA) is 55.5 Å². The number of aliphatic hydroxyl groups is 1. The van der Waals surface area contributed by atoms with E-state index in [2.05, 4.69) is 24.0 Å². The highest BCUT2D eigenvalue weighted by Gasteiger charge is 2.17. The Bertz CT molecular complexity index is 521. The van der Waals surface area contributed by atoms with E-state index in [0.29, 0.717) is 6.61 Å². The van der Waals surface area contributed by atoms with E-state index in [-0.39, 0.29) is 6.61 Å². The third-order valence-electron chi connectivity index (χ3n) is 4.43. The Morgan fingerprint density at radius 3 is 2.87 bits per heavy atom. The van der Waals surface area contributed by atoms with Gasteiger partial charge in [0.05, 0.1) is 18.1 Å². The van der Waals surface area contributed by atoms with Crippen LogP contribution in [0, 0.1) is 17.8 Å². The molecule has 1 atom stereocenters. The molecule has 1 aliphatic rings. The second-order valence-electron chi connectivity index (χ2n) is 6.90. The molecule has 1 heterocycles. The third kappa shape index (κ3) is 7.05. The first-order valence-electron chi connectivity index (χ1n) is 8.64. The first kappa shape index (κ1) is 18.5. The summed E-state index contributed by atoms with van der Waals surface area (Å²) in [5.41, 5.74) is 5.46. The van der Waals surface area contributed by atoms with Crippen LogP contribution in [0.1, 0.15) is 55.2 Å². The highest BCUT2D eigenvalue weighted by Crippen LogP contribution is 2.23.